The Morgan fingerprint density at radius 2 is 2.43 bits per heavy atom. The Morgan fingerprint density at radius 3 is 3.07 bits per heavy atom. The lowest BCUT2D eigenvalue weighted by atomic mass is 10.2. The Balaban J connectivity index is 2.15. The third kappa shape index (κ3) is 2.05. The topological polar surface area (TPSA) is 38.8 Å². The predicted octanol–water partition coefficient (Wildman–Crippen LogP) is 1.93. The van der Waals surface area contributed by atoms with Crippen LogP contribution < -0.4 is 4.74 Å². The average Bonchev–Trinajstić information content (AvgIpc) is 2.99. The number of rotatable bonds is 4. The summed E-state index contributed by atoms with van der Waals surface area (Å²) in [5, 5.41) is 0.454. The van der Waals surface area contributed by atoms with Gasteiger partial charge in [-0.3, -0.25) is 4.79 Å². The molecule has 0 unspecified atom stereocenters. The van der Waals surface area contributed by atoms with Gasteiger partial charge in [-0.25, -0.2) is 0 Å². The van der Waals surface area contributed by atoms with Crippen molar-refractivity contribution in [3.05, 3.63) is 28.8 Å². The molecule has 74 valence electrons. The molecule has 1 aromatic rings. The highest BCUT2D eigenvalue weighted by Crippen LogP contribution is 2.28. The molecule has 4 heteroatoms. The summed E-state index contributed by atoms with van der Waals surface area (Å²) in [6, 6.07) is 5.08. The second kappa shape index (κ2) is 3.98. The second-order valence-electron chi connectivity index (χ2n) is 3.04. The number of ether oxygens (including phenoxy) is 2. The smallest absolute Gasteiger partial charge is 0.153 e. The Hall–Kier alpha value is -1.06. The Morgan fingerprint density at radius 1 is 1.64 bits per heavy atom. The van der Waals surface area contributed by atoms with E-state index in [9.17, 15) is 4.79 Å². The molecule has 1 aliphatic heterocycles. The zero-order chi connectivity index (χ0) is 9.97. The van der Waals surface area contributed by atoms with Crippen LogP contribution in [0.1, 0.15) is 10.4 Å². The summed E-state index contributed by atoms with van der Waals surface area (Å²) in [6.07, 6.45) is 0.889. The highest BCUT2D eigenvalue weighted by atomic mass is 35.5. The van der Waals surface area contributed by atoms with E-state index in [0.29, 0.717) is 22.9 Å². The number of hydrogen-bond donors (Lipinski definition) is 0. The van der Waals surface area contributed by atoms with E-state index in [4.69, 9.17) is 21.1 Å². The number of carbonyl (C=O) groups excluding carboxylic acids is 1. The van der Waals surface area contributed by atoms with Crippen LogP contribution >= 0.6 is 11.6 Å². The summed E-state index contributed by atoms with van der Waals surface area (Å²) in [6.45, 7) is 1.17. The normalized spacial score (nSPS) is 19.1. The van der Waals surface area contributed by atoms with Gasteiger partial charge in [0.1, 0.15) is 18.5 Å². The summed E-state index contributed by atoms with van der Waals surface area (Å²) in [5.74, 6) is 0.444. The molecule has 0 bridgehead atoms. The average molecular weight is 213 g/mol. The molecule has 1 saturated heterocycles. The zero-order valence-electron chi connectivity index (χ0n) is 7.40. The van der Waals surface area contributed by atoms with Crippen molar-refractivity contribution in [2.24, 2.45) is 0 Å². The van der Waals surface area contributed by atoms with E-state index in [-0.39, 0.29) is 6.10 Å². The molecule has 0 N–H and O–H groups in total. The largest absolute Gasteiger partial charge is 0.488 e. The maximum Gasteiger partial charge on any atom is 0.153 e. The number of carbonyl (C=O) groups is 1. The Labute approximate surface area is 86.6 Å². The first-order valence-electron chi connectivity index (χ1n) is 4.29. The molecule has 0 aromatic heterocycles. The van der Waals surface area contributed by atoms with Gasteiger partial charge in [-0.1, -0.05) is 17.7 Å². The van der Waals surface area contributed by atoms with E-state index in [1.807, 2.05) is 0 Å². The third-order valence-corrected chi connectivity index (χ3v) is 2.24. The van der Waals surface area contributed by atoms with Crippen LogP contribution in [0.5, 0.6) is 5.75 Å². The monoisotopic (exact) mass is 212 g/mol. The van der Waals surface area contributed by atoms with E-state index < -0.39 is 0 Å². The fourth-order valence-electron chi connectivity index (χ4n) is 1.11. The molecule has 0 aliphatic carbocycles. The van der Waals surface area contributed by atoms with Crippen LogP contribution in [0.15, 0.2) is 18.2 Å². The fourth-order valence-corrected chi connectivity index (χ4v) is 1.35. The molecular weight excluding hydrogens is 204 g/mol. The molecule has 1 heterocycles. The molecule has 1 aromatic carbocycles. The van der Waals surface area contributed by atoms with E-state index in [0.717, 1.165) is 12.9 Å². The van der Waals surface area contributed by atoms with Crippen LogP contribution in [0.4, 0.5) is 0 Å². The van der Waals surface area contributed by atoms with Crippen molar-refractivity contribution in [3.8, 4) is 5.75 Å². The first kappa shape index (κ1) is 9.49. The number of halogens is 1. The summed E-state index contributed by atoms with van der Waals surface area (Å²) in [7, 11) is 0. The standard InChI is InChI=1S/C10H9ClO3/c11-9-3-1-2-7(4-12)10(9)14-6-8-5-13-8/h1-4,8H,5-6H2/t8-/m1/s1. The van der Waals surface area contributed by atoms with Crippen LogP contribution in [-0.4, -0.2) is 25.6 Å². The minimum Gasteiger partial charge on any atom is -0.488 e. The van der Waals surface area contributed by atoms with Gasteiger partial charge in [0.15, 0.2) is 6.29 Å². The lowest BCUT2D eigenvalue weighted by Crippen LogP contribution is -2.06. The molecule has 0 saturated carbocycles. The third-order valence-electron chi connectivity index (χ3n) is 1.94. The molecule has 3 nitrogen and oxygen atoms in total. The lowest BCUT2D eigenvalue weighted by Gasteiger charge is -2.08. The summed E-state index contributed by atoms with van der Waals surface area (Å²) in [4.78, 5) is 10.7. The summed E-state index contributed by atoms with van der Waals surface area (Å²) >= 11 is 5.89. The van der Waals surface area contributed by atoms with Gasteiger partial charge in [0, 0.05) is 0 Å². The first-order valence-corrected chi connectivity index (χ1v) is 4.67. The number of epoxide rings is 1. The number of para-hydroxylation sites is 1. The van der Waals surface area contributed by atoms with Gasteiger partial charge in [-0.2, -0.15) is 0 Å². The molecule has 1 aliphatic rings. The molecule has 0 spiro atoms. The van der Waals surface area contributed by atoms with Gasteiger partial charge in [-0.15, -0.1) is 0 Å². The molecule has 0 amide bonds. The van der Waals surface area contributed by atoms with Crippen LogP contribution in [0.25, 0.3) is 0 Å². The van der Waals surface area contributed by atoms with Gasteiger partial charge in [0.05, 0.1) is 17.2 Å². The SMILES string of the molecule is O=Cc1cccc(Cl)c1OC[C@H]1CO1. The molecule has 14 heavy (non-hydrogen) atoms. The highest BCUT2D eigenvalue weighted by Gasteiger charge is 2.24. The quantitative estimate of drug-likeness (QED) is 0.566. The zero-order valence-corrected chi connectivity index (χ0v) is 8.16. The minimum absolute atomic E-state index is 0.158. The van der Waals surface area contributed by atoms with E-state index >= 15 is 0 Å². The van der Waals surface area contributed by atoms with E-state index in [2.05, 4.69) is 0 Å². The number of aldehydes is 1. The number of hydrogen-bond acceptors (Lipinski definition) is 3. The fraction of sp³-hybridized carbons (Fsp3) is 0.300. The molecule has 0 radical (unpaired) electrons. The van der Waals surface area contributed by atoms with Gasteiger partial charge in [0.25, 0.3) is 0 Å². The van der Waals surface area contributed by atoms with Crippen molar-refractivity contribution < 1.29 is 14.3 Å². The Kier molecular flexibility index (Phi) is 2.70. The lowest BCUT2D eigenvalue weighted by molar-refractivity contribution is 0.111. The minimum atomic E-state index is 0.158. The van der Waals surface area contributed by atoms with Crippen LogP contribution in [0.2, 0.25) is 5.02 Å². The predicted molar refractivity (Wildman–Crippen MR) is 52.1 cm³/mol. The maximum atomic E-state index is 10.7. The second-order valence-corrected chi connectivity index (χ2v) is 3.45. The van der Waals surface area contributed by atoms with E-state index in [1.54, 1.807) is 18.2 Å². The highest BCUT2D eigenvalue weighted by molar-refractivity contribution is 6.32. The summed E-state index contributed by atoms with van der Waals surface area (Å²) < 4.78 is 10.4. The van der Waals surface area contributed by atoms with Crippen LogP contribution in [-0.2, 0) is 4.74 Å². The van der Waals surface area contributed by atoms with Gasteiger partial charge in [0.2, 0.25) is 0 Å². The summed E-state index contributed by atoms with van der Waals surface area (Å²) in [5.41, 5.74) is 0.471. The van der Waals surface area contributed by atoms with Crippen molar-refractivity contribution in [1.82, 2.24) is 0 Å². The van der Waals surface area contributed by atoms with Crippen molar-refractivity contribution in [3.63, 3.8) is 0 Å². The molecule has 1 fully saturated rings. The first-order chi connectivity index (χ1) is 6.81. The van der Waals surface area contributed by atoms with Crippen molar-refractivity contribution in [2.75, 3.05) is 13.2 Å². The van der Waals surface area contributed by atoms with Crippen LogP contribution in [0, 0.1) is 0 Å². The van der Waals surface area contributed by atoms with Crippen LogP contribution in [0.3, 0.4) is 0 Å². The maximum absolute atomic E-state index is 10.7. The van der Waals surface area contributed by atoms with Gasteiger partial charge in [-0.05, 0) is 12.1 Å². The molecular formula is C10H9ClO3. The van der Waals surface area contributed by atoms with E-state index in [1.165, 1.54) is 0 Å². The molecule has 2 rings (SSSR count). The van der Waals surface area contributed by atoms with Gasteiger partial charge < -0.3 is 9.47 Å². The molecule has 1 atom stereocenters. The van der Waals surface area contributed by atoms with Gasteiger partial charge >= 0.3 is 0 Å². The van der Waals surface area contributed by atoms with Crippen molar-refractivity contribution in [1.29, 1.82) is 0 Å². The number of benzene rings is 1. The van der Waals surface area contributed by atoms with Crippen molar-refractivity contribution in [2.45, 2.75) is 6.10 Å². The Bertz CT molecular complexity index is 347. The van der Waals surface area contributed by atoms with Crippen molar-refractivity contribution >= 4 is 17.9 Å².